The number of hydrogen-bond donors (Lipinski definition) is 2. The summed E-state index contributed by atoms with van der Waals surface area (Å²) in [5.74, 6) is 1.49. The van der Waals surface area contributed by atoms with Crippen LogP contribution < -0.4 is 20.1 Å². The molecule has 9 heteroatoms. The molecule has 0 bridgehead atoms. The van der Waals surface area contributed by atoms with Gasteiger partial charge in [0.05, 0.1) is 19.3 Å². The van der Waals surface area contributed by atoms with Gasteiger partial charge in [0.1, 0.15) is 6.04 Å². The molecule has 1 atom stereocenters. The van der Waals surface area contributed by atoms with E-state index in [-0.39, 0.29) is 5.91 Å². The minimum absolute atomic E-state index is 0.240. The molecule has 172 valence electrons. The molecule has 0 radical (unpaired) electrons. The fraction of sp³-hybridized carbons (Fsp3) is 0.333. The van der Waals surface area contributed by atoms with Crippen molar-refractivity contribution in [2.75, 3.05) is 24.4 Å². The first-order valence-electron chi connectivity index (χ1n) is 11.0. The van der Waals surface area contributed by atoms with Crippen LogP contribution >= 0.6 is 0 Å². The molecule has 1 amide bonds. The average molecular weight is 449 g/mol. The molecule has 1 aliphatic rings. The summed E-state index contributed by atoms with van der Waals surface area (Å²) in [6, 6.07) is 14.5. The van der Waals surface area contributed by atoms with Gasteiger partial charge in [-0.2, -0.15) is 4.68 Å². The van der Waals surface area contributed by atoms with E-state index in [0.717, 1.165) is 24.8 Å². The summed E-state index contributed by atoms with van der Waals surface area (Å²) < 4.78 is 13.1. The number of nitrogens with one attached hydrogen (secondary N) is 2. The standard InChI is InChI=1S/C24H28N6O3/c1-4-5-9-14-33-19-13-12-17(15-20(19)32-3)22-21(16(2)25-24-27-28-29-30(22)24)23(31)26-18-10-7-6-8-11-18/h6-8,10-13,15,22H,4-5,9,14H2,1-3H3,(H,26,31)(H,25,27,29). The number of anilines is 2. The molecule has 0 spiro atoms. The Hall–Kier alpha value is -3.88. The smallest absolute Gasteiger partial charge is 0.255 e. The Kier molecular flexibility index (Phi) is 6.87. The number of allylic oxidation sites excluding steroid dienone is 1. The second-order valence-corrected chi connectivity index (χ2v) is 7.80. The molecule has 0 saturated carbocycles. The third-order valence-corrected chi connectivity index (χ3v) is 5.50. The van der Waals surface area contributed by atoms with Gasteiger partial charge in [-0.3, -0.25) is 4.79 Å². The third-order valence-electron chi connectivity index (χ3n) is 5.50. The number of aromatic nitrogens is 4. The monoisotopic (exact) mass is 448 g/mol. The van der Waals surface area contributed by atoms with Gasteiger partial charge in [-0.25, -0.2) is 0 Å². The van der Waals surface area contributed by atoms with Gasteiger partial charge in [-0.05, 0) is 53.6 Å². The van der Waals surface area contributed by atoms with Gasteiger partial charge >= 0.3 is 0 Å². The second kappa shape index (κ2) is 10.2. The number of carbonyl (C=O) groups is 1. The number of carbonyl (C=O) groups excluding carboxylic acids is 1. The number of benzene rings is 2. The number of tetrazole rings is 1. The molecule has 33 heavy (non-hydrogen) atoms. The topological polar surface area (TPSA) is 103 Å². The lowest BCUT2D eigenvalue weighted by Crippen LogP contribution is -2.31. The van der Waals surface area contributed by atoms with Gasteiger partial charge in [-0.1, -0.05) is 49.1 Å². The van der Waals surface area contributed by atoms with Crippen molar-refractivity contribution in [3.63, 3.8) is 0 Å². The fourth-order valence-electron chi connectivity index (χ4n) is 3.84. The van der Waals surface area contributed by atoms with Gasteiger partial charge in [0.2, 0.25) is 5.95 Å². The molecule has 1 aliphatic heterocycles. The van der Waals surface area contributed by atoms with E-state index >= 15 is 0 Å². The van der Waals surface area contributed by atoms with Crippen LogP contribution in [-0.2, 0) is 4.79 Å². The Morgan fingerprint density at radius 1 is 1.15 bits per heavy atom. The molecule has 2 aromatic carbocycles. The van der Waals surface area contributed by atoms with Gasteiger partial charge in [-0.15, -0.1) is 0 Å². The predicted octanol–water partition coefficient (Wildman–Crippen LogP) is 4.18. The van der Waals surface area contributed by atoms with E-state index in [2.05, 4.69) is 33.1 Å². The van der Waals surface area contributed by atoms with Crippen LogP contribution in [0.15, 0.2) is 59.8 Å². The van der Waals surface area contributed by atoms with Gasteiger partial charge in [0.15, 0.2) is 11.5 Å². The molecular weight excluding hydrogens is 420 g/mol. The lowest BCUT2D eigenvalue weighted by atomic mass is 9.94. The SMILES string of the molecule is CCCCCOc1ccc(C2C(C(=O)Nc3ccccc3)=C(C)Nc3nnnn32)cc1OC. The number of rotatable bonds is 9. The van der Waals surface area contributed by atoms with Crippen molar-refractivity contribution in [3.05, 3.63) is 65.4 Å². The zero-order chi connectivity index (χ0) is 23.2. The maximum Gasteiger partial charge on any atom is 0.255 e. The number of methoxy groups -OCH3 is 1. The second-order valence-electron chi connectivity index (χ2n) is 7.80. The van der Waals surface area contributed by atoms with Crippen molar-refractivity contribution in [3.8, 4) is 11.5 Å². The number of amides is 1. The van der Waals surface area contributed by atoms with E-state index in [9.17, 15) is 4.79 Å². The molecule has 3 aromatic rings. The Balaban J connectivity index is 1.68. The minimum Gasteiger partial charge on any atom is -0.493 e. The lowest BCUT2D eigenvalue weighted by Gasteiger charge is -2.28. The lowest BCUT2D eigenvalue weighted by molar-refractivity contribution is -0.113. The van der Waals surface area contributed by atoms with E-state index in [1.165, 1.54) is 0 Å². The highest BCUT2D eigenvalue weighted by Gasteiger charge is 2.34. The van der Waals surface area contributed by atoms with Crippen LogP contribution in [0, 0.1) is 0 Å². The summed E-state index contributed by atoms with van der Waals surface area (Å²) >= 11 is 0. The summed E-state index contributed by atoms with van der Waals surface area (Å²) in [6.45, 7) is 4.62. The molecule has 2 N–H and O–H groups in total. The van der Waals surface area contributed by atoms with Crippen molar-refractivity contribution in [2.24, 2.45) is 0 Å². The minimum atomic E-state index is -0.539. The Bertz CT molecular complexity index is 1140. The number of ether oxygens (including phenoxy) is 2. The van der Waals surface area contributed by atoms with Crippen LogP contribution in [0.4, 0.5) is 11.6 Å². The zero-order valence-corrected chi connectivity index (χ0v) is 19.0. The largest absolute Gasteiger partial charge is 0.493 e. The zero-order valence-electron chi connectivity index (χ0n) is 19.0. The number of nitrogens with zero attached hydrogens (tertiary/aromatic N) is 4. The number of fused-ring (bicyclic) bond motifs is 1. The molecule has 1 aromatic heterocycles. The number of unbranched alkanes of at least 4 members (excludes halogenated alkanes) is 2. The first-order valence-corrected chi connectivity index (χ1v) is 11.0. The highest BCUT2D eigenvalue weighted by molar-refractivity contribution is 6.06. The van der Waals surface area contributed by atoms with E-state index in [1.807, 2.05) is 55.5 Å². The fourth-order valence-corrected chi connectivity index (χ4v) is 3.84. The Labute approximate surface area is 192 Å². The Morgan fingerprint density at radius 2 is 1.97 bits per heavy atom. The van der Waals surface area contributed by atoms with Crippen molar-refractivity contribution < 1.29 is 14.3 Å². The average Bonchev–Trinajstić information content (AvgIpc) is 3.29. The molecule has 4 rings (SSSR count). The molecule has 0 fully saturated rings. The quantitative estimate of drug-likeness (QED) is 0.473. The molecular formula is C24H28N6O3. The predicted molar refractivity (Wildman–Crippen MR) is 125 cm³/mol. The normalized spacial score (nSPS) is 14.9. The van der Waals surface area contributed by atoms with Gasteiger partial charge in [0, 0.05) is 11.4 Å². The summed E-state index contributed by atoms with van der Waals surface area (Å²) in [6.07, 6.45) is 3.22. The summed E-state index contributed by atoms with van der Waals surface area (Å²) in [4.78, 5) is 13.4. The van der Waals surface area contributed by atoms with E-state index in [4.69, 9.17) is 9.47 Å². The molecule has 0 aliphatic carbocycles. The van der Waals surface area contributed by atoms with E-state index in [1.54, 1.807) is 11.8 Å². The number of para-hydroxylation sites is 1. The molecule has 2 heterocycles. The highest BCUT2D eigenvalue weighted by Crippen LogP contribution is 2.38. The summed E-state index contributed by atoms with van der Waals surface area (Å²) in [5.41, 5.74) is 2.70. The van der Waals surface area contributed by atoms with Crippen LogP contribution in [0.25, 0.3) is 0 Å². The third kappa shape index (κ3) is 4.82. The van der Waals surface area contributed by atoms with Crippen LogP contribution in [0.5, 0.6) is 11.5 Å². The number of hydrogen-bond acceptors (Lipinski definition) is 7. The van der Waals surface area contributed by atoms with Crippen molar-refractivity contribution >= 4 is 17.5 Å². The van der Waals surface area contributed by atoms with E-state index < -0.39 is 6.04 Å². The first-order chi connectivity index (χ1) is 16.1. The van der Waals surface area contributed by atoms with Crippen LogP contribution in [-0.4, -0.2) is 39.8 Å². The van der Waals surface area contributed by atoms with Crippen molar-refractivity contribution in [1.82, 2.24) is 20.2 Å². The maximum atomic E-state index is 13.4. The first kappa shape index (κ1) is 22.3. The van der Waals surface area contributed by atoms with Gasteiger partial charge < -0.3 is 20.1 Å². The highest BCUT2D eigenvalue weighted by atomic mass is 16.5. The Morgan fingerprint density at radius 3 is 2.73 bits per heavy atom. The van der Waals surface area contributed by atoms with Crippen LogP contribution in [0.3, 0.4) is 0 Å². The summed E-state index contributed by atoms with van der Waals surface area (Å²) in [5, 5.41) is 18.1. The molecule has 9 nitrogen and oxygen atoms in total. The van der Waals surface area contributed by atoms with E-state index in [0.29, 0.717) is 41.0 Å². The van der Waals surface area contributed by atoms with Crippen molar-refractivity contribution in [2.45, 2.75) is 39.2 Å². The van der Waals surface area contributed by atoms with Crippen LogP contribution in [0.1, 0.15) is 44.7 Å². The molecule has 0 saturated heterocycles. The summed E-state index contributed by atoms with van der Waals surface area (Å²) in [7, 11) is 1.60. The van der Waals surface area contributed by atoms with Crippen molar-refractivity contribution in [1.29, 1.82) is 0 Å². The van der Waals surface area contributed by atoms with Crippen LogP contribution in [0.2, 0.25) is 0 Å². The van der Waals surface area contributed by atoms with Gasteiger partial charge in [0.25, 0.3) is 5.91 Å². The maximum absolute atomic E-state index is 13.4. The molecule has 1 unspecified atom stereocenters.